The highest BCUT2D eigenvalue weighted by Gasteiger charge is 2.18. The molecular weight excluding hydrogens is 262 g/mol. The third kappa shape index (κ3) is 2.96. The van der Waals surface area contributed by atoms with E-state index in [0.717, 1.165) is 17.7 Å². The summed E-state index contributed by atoms with van der Waals surface area (Å²) in [6.45, 7) is 3.94. The van der Waals surface area contributed by atoms with Crippen molar-refractivity contribution < 1.29 is 4.79 Å². The summed E-state index contributed by atoms with van der Waals surface area (Å²) in [6.07, 6.45) is 4.32. The van der Waals surface area contributed by atoms with Crippen molar-refractivity contribution in [3.8, 4) is 0 Å². The summed E-state index contributed by atoms with van der Waals surface area (Å²) in [5.74, 6) is -0.0571. The Kier molecular flexibility index (Phi) is 4.22. The first-order valence-electron chi connectivity index (χ1n) is 6.16. The van der Waals surface area contributed by atoms with Crippen molar-refractivity contribution >= 4 is 23.2 Å². The van der Waals surface area contributed by atoms with E-state index in [0.29, 0.717) is 11.7 Å². The van der Waals surface area contributed by atoms with Crippen LogP contribution in [0.2, 0.25) is 5.02 Å². The molecule has 100 valence electrons. The van der Waals surface area contributed by atoms with E-state index >= 15 is 0 Å². The SMILES string of the molecule is CCc1cccc(Cl)c1N(Cn1cccn1)C(C)=O. The van der Waals surface area contributed by atoms with Gasteiger partial charge in [-0.1, -0.05) is 30.7 Å². The average Bonchev–Trinajstić information content (AvgIpc) is 2.89. The largest absolute Gasteiger partial charge is 0.291 e. The molecule has 0 N–H and O–H groups in total. The van der Waals surface area contributed by atoms with Gasteiger partial charge in [0, 0.05) is 19.3 Å². The second-order valence-electron chi connectivity index (χ2n) is 4.24. The van der Waals surface area contributed by atoms with Crippen LogP contribution in [0.5, 0.6) is 0 Å². The Bertz CT molecular complexity index is 566. The predicted molar refractivity (Wildman–Crippen MR) is 76.2 cm³/mol. The van der Waals surface area contributed by atoms with Gasteiger partial charge in [-0.05, 0) is 24.1 Å². The van der Waals surface area contributed by atoms with Gasteiger partial charge in [0.15, 0.2) is 0 Å². The molecule has 0 radical (unpaired) electrons. The number of halogens is 1. The van der Waals surface area contributed by atoms with E-state index < -0.39 is 0 Å². The molecular formula is C14H16ClN3O. The van der Waals surface area contributed by atoms with Crippen LogP contribution in [-0.2, 0) is 17.9 Å². The summed E-state index contributed by atoms with van der Waals surface area (Å²) in [6, 6.07) is 7.51. The summed E-state index contributed by atoms with van der Waals surface area (Å²) in [4.78, 5) is 13.6. The maximum Gasteiger partial charge on any atom is 0.225 e. The zero-order valence-electron chi connectivity index (χ0n) is 11.0. The fourth-order valence-electron chi connectivity index (χ4n) is 2.00. The van der Waals surface area contributed by atoms with E-state index in [1.54, 1.807) is 21.8 Å². The fraction of sp³-hybridized carbons (Fsp3) is 0.286. The molecule has 0 aliphatic heterocycles. The Morgan fingerprint density at radius 2 is 2.21 bits per heavy atom. The van der Waals surface area contributed by atoms with Crippen LogP contribution in [0.3, 0.4) is 0 Å². The van der Waals surface area contributed by atoms with Crippen LogP contribution >= 0.6 is 11.6 Å². The second-order valence-corrected chi connectivity index (χ2v) is 4.64. The maximum absolute atomic E-state index is 11.9. The van der Waals surface area contributed by atoms with E-state index in [2.05, 4.69) is 5.10 Å². The van der Waals surface area contributed by atoms with Crippen molar-refractivity contribution in [1.82, 2.24) is 9.78 Å². The lowest BCUT2D eigenvalue weighted by molar-refractivity contribution is -0.117. The number of amides is 1. The molecule has 2 aromatic rings. The summed E-state index contributed by atoms with van der Waals surface area (Å²) in [7, 11) is 0. The highest BCUT2D eigenvalue weighted by atomic mass is 35.5. The summed E-state index contributed by atoms with van der Waals surface area (Å²) in [5, 5.41) is 4.71. The van der Waals surface area contributed by atoms with Gasteiger partial charge in [-0.3, -0.25) is 14.4 Å². The lowest BCUT2D eigenvalue weighted by Gasteiger charge is -2.24. The average molecular weight is 278 g/mol. The van der Waals surface area contributed by atoms with Crippen LogP contribution in [0.25, 0.3) is 0 Å². The van der Waals surface area contributed by atoms with Gasteiger partial charge in [-0.25, -0.2) is 0 Å². The molecule has 0 spiro atoms. The number of carbonyl (C=O) groups excluding carboxylic acids is 1. The predicted octanol–water partition coefficient (Wildman–Crippen LogP) is 3.11. The van der Waals surface area contributed by atoms with Crippen LogP contribution in [0.1, 0.15) is 19.4 Å². The molecule has 5 heteroatoms. The second kappa shape index (κ2) is 5.89. The molecule has 1 amide bonds. The van der Waals surface area contributed by atoms with Gasteiger partial charge in [0.25, 0.3) is 0 Å². The normalized spacial score (nSPS) is 10.5. The Morgan fingerprint density at radius 1 is 1.42 bits per heavy atom. The van der Waals surface area contributed by atoms with E-state index in [-0.39, 0.29) is 5.91 Å². The molecule has 1 aromatic heterocycles. The van der Waals surface area contributed by atoms with E-state index in [9.17, 15) is 4.79 Å². The fourth-order valence-corrected chi connectivity index (χ4v) is 2.30. The molecule has 1 aromatic carbocycles. The van der Waals surface area contributed by atoms with Gasteiger partial charge in [0.05, 0.1) is 10.7 Å². The third-order valence-corrected chi connectivity index (χ3v) is 3.25. The molecule has 2 rings (SSSR count). The van der Waals surface area contributed by atoms with Crippen LogP contribution in [0.15, 0.2) is 36.7 Å². The van der Waals surface area contributed by atoms with Gasteiger partial charge in [0.2, 0.25) is 5.91 Å². The summed E-state index contributed by atoms with van der Waals surface area (Å²) >= 11 is 6.26. The maximum atomic E-state index is 11.9. The lowest BCUT2D eigenvalue weighted by atomic mass is 10.1. The van der Waals surface area contributed by atoms with E-state index in [4.69, 9.17) is 11.6 Å². The van der Waals surface area contributed by atoms with Gasteiger partial charge in [0.1, 0.15) is 6.67 Å². The van der Waals surface area contributed by atoms with Crippen LogP contribution in [0, 0.1) is 0 Å². The number of aromatic nitrogens is 2. The number of hydrogen-bond donors (Lipinski definition) is 0. The molecule has 0 unspecified atom stereocenters. The Labute approximate surface area is 117 Å². The van der Waals surface area contributed by atoms with Gasteiger partial charge in [-0.15, -0.1) is 0 Å². The zero-order valence-corrected chi connectivity index (χ0v) is 11.8. The molecule has 0 atom stereocenters. The summed E-state index contributed by atoms with van der Waals surface area (Å²) < 4.78 is 1.70. The molecule has 0 bridgehead atoms. The number of anilines is 1. The number of rotatable bonds is 4. The molecule has 0 fully saturated rings. The van der Waals surface area contributed by atoms with Crippen LogP contribution in [-0.4, -0.2) is 15.7 Å². The van der Waals surface area contributed by atoms with E-state index in [1.807, 2.05) is 31.3 Å². The molecule has 0 aliphatic carbocycles. The minimum absolute atomic E-state index is 0.0571. The molecule has 0 saturated carbocycles. The van der Waals surface area contributed by atoms with Gasteiger partial charge < -0.3 is 0 Å². The Morgan fingerprint density at radius 3 is 2.79 bits per heavy atom. The van der Waals surface area contributed by atoms with Crippen molar-refractivity contribution in [2.24, 2.45) is 0 Å². The molecule has 1 heterocycles. The Balaban J connectivity index is 2.42. The monoisotopic (exact) mass is 277 g/mol. The topological polar surface area (TPSA) is 38.1 Å². The van der Waals surface area contributed by atoms with Crippen molar-refractivity contribution in [2.45, 2.75) is 26.9 Å². The Hall–Kier alpha value is -1.81. The summed E-state index contributed by atoms with van der Waals surface area (Å²) in [5.41, 5.74) is 1.82. The molecule has 4 nitrogen and oxygen atoms in total. The smallest absolute Gasteiger partial charge is 0.225 e. The van der Waals surface area contributed by atoms with Crippen LogP contribution < -0.4 is 4.90 Å². The van der Waals surface area contributed by atoms with Crippen molar-refractivity contribution in [1.29, 1.82) is 0 Å². The van der Waals surface area contributed by atoms with Crippen molar-refractivity contribution in [3.63, 3.8) is 0 Å². The standard InChI is InChI=1S/C14H16ClN3O/c1-3-12-6-4-7-13(15)14(12)18(11(2)19)10-17-9-5-8-16-17/h4-9H,3,10H2,1-2H3. The minimum Gasteiger partial charge on any atom is -0.291 e. The van der Waals surface area contributed by atoms with Gasteiger partial charge >= 0.3 is 0 Å². The number of benzene rings is 1. The number of para-hydroxylation sites is 1. The molecule has 0 aliphatic rings. The van der Waals surface area contributed by atoms with E-state index in [1.165, 1.54) is 6.92 Å². The van der Waals surface area contributed by atoms with Crippen molar-refractivity contribution in [2.75, 3.05) is 4.90 Å². The minimum atomic E-state index is -0.0571. The number of hydrogen-bond acceptors (Lipinski definition) is 2. The van der Waals surface area contributed by atoms with Crippen LogP contribution in [0.4, 0.5) is 5.69 Å². The molecule has 19 heavy (non-hydrogen) atoms. The number of nitrogens with zero attached hydrogens (tertiary/aromatic N) is 3. The number of aryl methyl sites for hydroxylation is 1. The quantitative estimate of drug-likeness (QED) is 0.861. The molecule has 0 saturated heterocycles. The zero-order chi connectivity index (χ0) is 13.8. The third-order valence-electron chi connectivity index (χ3n) is 2.95. The first-order chi connectivity index (χ1) is 9.13. The first-order valence-corrected chi connectivity index (χ1v) is 6.54. The van der Waals surface area contributed by atoms with Crippen molar-refractivity contribution in [3.05, 3.63) is 47.2 Å². The highest BCUT2D eigenvalue weighted by molar-refractivity contribution is 6.34. The lowest BCUT2D eigenvalue weighted by Crippen LogP contribution is -2.32. The number of carbonyl (C=O) groups is 1. The van der Waals surface area contributed by atoms with Gasteiger partial charge in [-0.2, -0.15) is 5.10 Å². The first kappa shape index (κ1) is 13.6. The highest BCUT2D eigenvalue weighted by Crippen LogP contribution is 2.30.